The zero-order valence-corrected chi connectivity index (χ0v) is 65.7. The summed E-state index contributed by atoms with van der Waals surface area (Å²) < 4.78 is 68.7. The minimum absolute atomic E-state index is 0.108. The van der Waals surface area contributed by atoms with E-state index in [1.807, 2.05) is 0 Å². The largest absolute Gasteiger partial charge is 0.472 e. The summed E-state index contributed by atoms with van der Waals surface area (Å²) in [7, 11) is -9.91. The van der Waals surface area contributed by atoms with Crippen LogP contribution in [0.15, 0.2) is 0 Å². The minimum Gasteiger partial charge on any atom is -0.462 e. The maximum atomic E-state index is 13.1. The number of phosphoric ester groups is 2. The molecule has 0 aromatic heterocycles. The van der Waals surface area contributed by atoms with Crippen LogP contribution in [-0.4, -0.2) is 96.7 Å². The normalized spacial score (nSPS) is 13.9. The minimum atomic E-state index is -4.96. The molecule has 0 aliphatic heterocycles. The Morgan fingerprint density at radius 1 is 0.276 bits per heavy atom. The van der Waals surface area contributed by atoms with Gasteiger partial charge in [-0.15, -0.1) is 0 Å². The number of phosphoric acid groups is 2. The van der Waals surface area contributed by atoms with Gasteiger partial charge in [-0.2, -0.15) is 0 Å². The molecule has 0 saturated heterocycles. The van der Waals surface area contributed by atoms with Crippen LogP contribution in [0.4, 0.5) is 0 Å². The fourth-order valence-electron chi connectivity index (χ4n) is 12.2. The van der Waals surface area contributed by atoms with E-state index in [2.05, 4.69) is 34.6 Å². The number of carbonyl (C=O) groups is 4. The van der Waals surface area contributed by atoms with Crippen LogP contribution >= 0.6 is 15.6 Å². The highest BCUT2D eigenvalue weighted by Gasteiger charge is 2.30. The van der Waals surface area contributed by atoms with Crippen LogP contribution in [0.25, 0.3) is 0 Å². The molecule has 0 aromatic carbocycles. The van der Waals surface area contributed by atoms with Gasteiger partial charge in [0.2, 0.25) is 0 Å². The molecule has 0 rings (SSSR count). The molecular weight excluding hydrogens is 1280 g/mol. The van der Waals surface area contributed by atoms with Gasteiger partial charge < -0.3 is 33.8 Å². The van der Waals surface area contributed by atoms with Crippen molar-refractivity contribution in [3.05, 3.63) is 0 Å². The summed E-state index contributed by atoms with van der Waals surface area (Å²) in [6.45, 7) is 7.33. The first-order chi connectivity index (χ1) is 47.5. The number of esters is 4. The molecule has 0 aliphatic rings. The summed E-state index contributed by atoms with van der Waals surface area (Å²) in [5, 5.41) is 10.6. The van der Waals surface area contributed by atoms with Crippen molar-refractivity contribution in [2.45, 2.75) is 438 Å². The lowest BCUT2D eigenvalue weighted by molar-refractivity contribution is -0.161. The number of hydrogen-bond donors (Lipinski definition) is 3. The van der Waals surface area contributed by atoms with Crippen LogP contribution in [0, 0.1) is 5.92 Å². The Bertz CT molecular complexity index is 1870. The first kappa shape index (κ1) is 96.1. The highest BCUT2D eigenvalue weighted by molar-refractivity contribution is 7.47. The van der Waals surface area contributed by atoms with Crippen molar-refractivity contribution in [1.82, 2.24) is 0 Å². The van der Waals surface area contributed by atoms with Crippen molar-refractivity contribution in [2.24, 2.45) is 5.92 Å². The quantitative estimate of drug-likeness (QED) is 0.0222. The van der Waals surface area contributed by atoms with Crippen LogP contribution in [0.3, 0.4) is 0 Å². The van der Waals surface area contributed by atoms with Crippen molar-refractivity contribution in [3.63, 3.8) is 0 Å². The smallest absolute Gasteiger partial charge is 0.462 e. The predicted octanol–water partition coefficient (Wildman–Crippen LogP) is 23.6. The fourth-order valence-corrected chi connectivity index (χ4v) is 13.8. The average Bonchev–Trinajstić information content (AvgIpc) is 1.02. The van der Waals surface area contributed by atoms with Crippen molar-refractivity contribution >= 4 is 39.5 Å². The number of aliphatic hydroxyl groups excluding tert-OH is 1. The third-order valence-corrected chi connectivity index (χ3v) is 20.4. The number of rotatable bonds is 79. The van der Waals surface area contributed by atoms with E-state index in [0.29, 0.717) is 25.7 Å². The van der Waals surface area contributed by atoms with E-state index >= 15 is 0 Å². The molecule has 0 aromatic rings. The summed E-state index contributed by atoms with van der Waals surface area (Å²) in [5.41, 5.74) is 0. The molecule has 98 heavy (non-hydrogen) atoms. The zero-order chi connectivity index (χ0) is 71.9. The van der Waals surface area contributed by atoms with Gasteiger partial charge in [0.05, 0.1) is 26.4 Å². The number of aliphatic hydroxyl groups is 1. The SMILES string of the molecule is CCCCCCCCCCCCCCCCCCCCCC(=O)O[C@H](COC(=O)CCCCCCCCCCCCCC(C)C)COP(=O)(O)OC[C@@H](O)COP(=O)(O)OC[C@@H](COC(=O)CCCCCCCCCCCCCC)OC(=O)CCCCCCCCCCCCCCC. The Balaban J connectivity index is 5.24. The van der Waals surface area contributed by atoms with Crippen LogP contribution < -0.4 is 0 Å². The van der Waals surface area contributed by atoms with Gasteiger partial charge in [0.1, 0.15) is 19.3 Å². The molecule has 0 bridgehead atoms. The maximum Gasteiger partial charge on any atom is 0.472 e. The Hall–Kier alpha value is -1.94. The highest BCUT2D eigenvalue weighted by Crippen LogP contribution is 2.45. The lowest BCUT2D eigenvalue weighted by Crippen LogP contribution is -2.30. The van der Waals surface area contributed by atoms with E-state index < -0.39 is 97.5 Å². The summed E-state index contributed by atoms with van der Waals surface area (Å²) in [6, 6.07) is 0. The second-order valence-corrected chi connectivity index (χ2v) is 31.8. The number of ether oxygens (including phenoxy) is 4. The molecule has 19 heteroatoms. The summed E-state index contributed by atoms with van der Waals surface area (Å²) in [5.74, 6) is -1.34. The van der Waals surface area contributed by atoms with Gasteiger partial charge in [0.25, 0.3) is 0 Å². The van der Waals surface area contributed by atoms with Gasteiger partial charge in [-0.05, 0) is 31.6 Å². The van der Waals surface area contributed by atoms with Gasteiger partial charge in [-0.25, -0.2) is 9.13 Å². The van der Waals surface area contributed by atoms with Crippen molar-refractivity contribution in [3.8, 4) is 0 Å². The molecule has 17 nitrogen and oxygen atoms in total. The zero-order valence-electron chi connectivity index (χ0n) is 63.9. The lowest BCUT2D eigenvalue weighted by atomic mass is 10.0. The standard InChI is InChI=1S/C79H154O17P2/c1-6-9-12-15-18-21-24-27-28-29-30-31-32-34-39-45-50-55-60-65-79(84)96-75(69-90-77(82)63-58-53-48-43-40-35-36-41-46-51-56-61-72(4)5)71-94-98(87,88)92-67-73(80)66-91-97(85,86)93-70-74(68-89-76(81)62-57-52-47-42-37-26-23-20-17-14-11-8-3)95-78(83)64-59-54-49-44-38-33-25-22-19-16-13-10-7-2/h72-75,80H,6-71H2,1-5H3,(H,85,86)(H,87,88)/t73-,74+,75+/m0/s1. The second kappa shape index (κ2) is 72.0. The van der Waals surface area contributed by atoms with Crippen molar-refractivity contribution in [2.75, 3.05) is 39.6 Å². The Morgan fingerprint density at radius 2 is 0.469 bits per heavy atom. The topological polar surface area (TPSA) is 237 Å². The van der Waals surface area contributed by atoms with E-state index in [1.54, 1.807) is 0 Å². The molecule has 0 radical (unpaired) electrons. The van der Waals surface area contributed by atoms with Crippen molar-refractivity contribution < 1.29 is 80.2 Å². The molecule has 0 heterocycles. The predicted molar refractivity (Wildman–Crippen MR) is 400 cm³/mol. The maximum absolute atomic E-state index is 13.1. The van der Waals surface area contributed by atoms with E-state index in [4.69, 9.17) is 37.0 Å². The summed E-state index contributed by atoms with van der Waals surface area (Å²) in [4.78, 5) is 73.0. The summed E-state index contributed by atoms with van der Waals surface area (Å²) in [6.07, 6.45) is 62.3. The Labute approximate surface area is 600 Å². The average molecular weight is 1440 g/mol. The molecule has 0 amide bonds. The number of carbonyl (C=O) groups excluding carboxylic acids is 4. The monoisotopic (exact) mass is 1440 g/mol. The molecule has 0 aliphatic carbocycles. The highest BCUT2D eigenvalue weighted by atomic mass is 31.2. The van der Waals surface area contributed by atoms with E-state index in [1.165, 1.54) is 244 Å². The molecule has 2 unspecified atom stereocenters. The Kier molecular flexibility index (Phi) is 70.6. The fraction of sp³-hybridized carbons (Fsp3) is 0.949. The second-order valence-electron chi connectivity index (χ2n) is 28.9. The van der Waals surface area contributed by atoms with Gasteiger partial charge >= 0.3 is 39.5 Å². The molecule has 3 N–H and O–H groups in total. The third kappa shape index (κ3) is 72.4. The lowest BCUT2D eigenvalue weighted by Gasteiger charge is -2.21. The van der Waals surface area contributed by atoms with Gasteiger partial charge in [0.15, 0.2) is 12.2 Å². The molecule has 582 valence electrons. The third-order valence-electron chi connectivity index (χ3n) is 18.5. The van der Waals surface area contributed by atoms with Crippen LogP contribution in [0.2, 0.25) is 0 Å². The van der Waals surface area contributed by atoms with Crippen LogP contribution in [0.1, 0.15) is 420 Å². The molecule has 5 atom stereocenters. The summed E-state index contributed by atoms with van der Waals surface area (Å²) >= 11 is 0. The molecule has 0 fully saturated rings. The molecule has 0 saturated carbocycles. The molecular formula is C79H154O17P2. The van der Waals surface area contributed by atoms with E-state index in [-0.39, 0.29) is 25.7 Å². The van der Waals surface area contributed by atoms with Gasteiger partial charge in [-0.3, -0.25) is 37.3 Å². The van der Waals surface area contributed by atoms with Gasteiger partial charge in [-0.1, -0.05) is 369 Å². The van der Waals surface area contributed by atoms with Gasteiger partial charge in [0, 0.05) is 25.7 Å². The first-order valence-corrected chi connectivity index (χ1v) is 44.1. The number of hydrogen-bond acceptors (Lipinski definition) is 15. The molecule has 0 spiro atoms. The first-order valence-electron chi connectivity index (χ1n) is 41.1. The van der Waals surface area contributed by atoms with E-state index in [0.717, 1.165) is 95.8 Å². The Morgan fingerprint density at radius 3 is 0.694 bits per heavy atom. The van der Waals surface area contributed by atoms with E-state index in [9.17, 15) is 43.2 Å². The number of unbranched alkanes of at least 4 members (excludes halogenated alkanes) is 51. The van der Waals surface area contributed by atoms with Crippen LogP contribution in [-0.2, 0) is 65.4 Å². The van der Waals surface area contributed by atoms with Crippen LogP contribution in [0.5, 0.6) is 0 Å². The van der Waals surface area contributed by atoms with Crippen molar-refractivity contribution in [1.29, 1.82) is 0 Å².